The topological polar surface area (TPSA) is 57.7 Å². The highest BCUT2D eigenvalue weighted by molar-refractivity contribution is 7.12. The van der Waals surface area contributed by atoms with Crippen molar-refractivity contribution in [3.8, 4) is 0 Å². The van der Waals surface area contributed by atoms with Crippen molar-refractivity contribution in [3.63, 3.8) is 0 Å². The first-order chi connectivity index (χ1) is 13.8. The molecule has 2 saturated heterocycles. The number of hydrogen-bond donors (Lipinski definition) is 0. The number of nitrogens with zero attached hydrogens (tertiary/aromatic N) is 2. The third-order valence-electron chi connectivity index (χ3n) is 6.12. The average Bonchev–Trinajstić information content (AvgIpc) is 3.37. The Morgan fingerprint density at radius 3 is 2.41 bits per heavy atom. The molecule has 4 heterocycles. The Kier molecular flexibility index (Phi) is 3.87. The monoisotopic (exact) mass is 406 g/mol. The van der Waals surface area contributed by atoms with Crippen LogP contribution in [0.25, 0.3) is 6.08 Å². The maximum atomic E-state index is 13.6. The standard InChI is InChI=1S/C23H22N2O3S/c1-23(2,3)25-21(27)17-15-11-10-13-7-4-5-8-14(13)24(15)19(18(17)22(25)28)20(26)16-9-6-12-29-16/h4-12,15,17-19H,1-3H3/t15-,17-,18+,19-/m0/s1. The molecule has 0 spiro atoms. The Morgan fingerprint density at radius 1 is 1.00 bits per heavy atom. The SMILES string of the molecule is CC(C)(C)N1C(=O)[C@@H]2[C@@H](C1=O)[C@@H]1C=Cc3ccccc3N1[C@@H]2C(=O)c1cccs1. The second-order valence-electron chi connectivity index (χ2n) is 8.84. The summed E-state index contributed by atoms with van der Waals surface area (Å²) >= 11 is 1.38. The zero-order valence-corrected chi connectivity index (χ0v) is 17.3. The second kappa shape index (κ2) is 6.13. The minimum absolute atomic E-state index is 0.0838. The normalized spacial score (nSPS) is 27.8. The van der Waals surface area contributed by atoms with Gasteiger partial charge in [-0.2, -0.15) is 0 Å². The first kappa shape index (κ1) is 18.3. The van der Waals surface area contributed by atoms with E-state index < -0.39 is 23.4 Å². The van der Waals surface area contributed by atoms with E-state index in [0.717, 1.165) is 11.3 Å². The zero-order chi connectivity index (χ0) is 20.5. The molecule has 2 amide bonds. The number of hydrogen-bond acceptors (Lipinski definition) is 5. The molecule has 6 heteroatoms. The van der Waals surface area contributed by atoms with Crippen molar-refractivity contribution in [2.45, 2.75) is 38.4 Å². The number of Topliss-reactive ketones (excluding diaryl/α,β-unsaturated/α-hetero) is 1. The molecule has 4 atom stereocenters. The summed E-state index contributed by atoms with van der Waals surface area (Å²) in [5, 5.41) is 1.87. The molecule has 1 aromatic carbocycles. The molecule has 3 aliphatic heterocycles. The van der Waals surface area contributed by atoms with E-state index in [-0.39, 0.29) is 23.6 Å². The molecule has 0 N–H and O–H groups in total. The number of imide groups is 1. The first-order valence-electron chi connectivity index (χ1n) is 9.82. The Balaban J connectivity index is 1.68. The number of benzene rings is 1. The minimum atomic E-state index is -0.682. The van der Waals surface area contributed by atoms with Crippen LogP contribution in [0, 0.1) is 11.8 Å². The van der Waals surface area contributed by atoms with Crippen LogP contribution < -0.4 is 4.90 Å². The molecule has 0 bridgehead atoms. The van der Waals surface area contributed by atoms with Gasteiger partial charge >= 0.3 is 0 Å². The molecule has 0 saturated carbocycles. The summed E-state index contributed by atoms with van der Waals surface area (Å²) < 4.78 is 0. The van der Waals surface area contributed by atoms with Crippen LogP contribution in [-0.4, -0.2) is 40.1 Å². The lowest BCUT2D eigenvalue weighted by Gasteiger charge is -2.38. The van der Waals surface area contributed by atoms with Gasteiger partial charge in [-0.3, -0.25) is 19.3 Å². The molecule has 29 heavy (non-hydrogen) atoms. The van der Waals surface area contributed by atoms with Gasteiger partial charge in [-0.25, -0.2) is 0 Å². The van der Waals surface area contributed by atoms with Gasteiger partial charge in [0.05, 0.1) is 22.8 Å². The van der Waals surface area contributed by atoms with Crippen molar-refractivity contribution in [1.82, 2.24) is 4.90 Å². The van der Waals surface area contributed by atoms with Gasteiger partial charge in [-0.1, -0.05) is 36.4 Å². The smallest absolute Gasteiger partial charge is 0.236 e. The van der Waals surface area contributed by atoms with Gasteiger partial charge < -0.3 is 4.90 Å². The van der Waals surface area contributed by atoms with Crippen LogP contribution in [0.5, 0.6) is 0 Å². The van der Waals surface area contributed by atoms with Crippen molar-refractivity contribution < 1.29 is 14.4 Å². The fourth-order valence-electron chi connectivity index (χ4n) is 5.04. The van der Waals surface area contributed by atoms with E-state index in [9.17, 15) is 14.4 Å². The number of anilines is 1. The number of ketones is 1. The highest BCUT2D eigenvalue weighted by Gasteiger charge is 2.65. The van der Waals surface area contributed by atoms with Crippen molar-refractivity contribution in [3.05, 3.63) is 58.3 Å². The number of fused-ring (bicyclic) bond motifs is 5. The van der Waals surface area contributed by atoms with Gasteiger partial charge in [0, 0.05) is 11.2 Å². The zero-order valence-electron chi connectivity index (χ0n) is 16.5. The lowest BCUT2D eigenvalue weighted by Crippen LogP contribution is -2.52. The third kappa shape index (κ3) is 2.48. The van der Waals surface area contributed by atoms with E-state index in [4.69, 9.17) is 0 Å². The number of likely N-dealkylation sites (tertiary alicyclic amines) is 1. The Bertz CT molecular complexity index is 1050. The predicted molar refractivity (Wildman–Crippen MR) is 113 cm³/mol. The maximum Gasteiger partial charge on any atom is 0.236 e. The minimum Gasteiger partial charge on any atom is -0.352 e. The molecule has 0 unspecified atom stereocenters. The summed E-state index contributed by atoms with van der Waals surface area (Å²) in [4.78, 5) is 44.5. The Hall–Kier alpha value is -2.73. The van der Waals surface area contributed by atoms with Gasteiger partial charge in [0.2, 0.25) is 11.8 Å². The van der Waals surface area contributed by atoms with Crippen molar-refractivity contribution in [2.24, 2.45) is 11.8 Å². The lowest BCUT2D eigenvalue weighted by molar-refractivity contribution is -0.145. The lowest BCUT2D eigenvalue weighted by atomic mass is 9.87. The van der Waals surface area contributed by atoms with Gasteiger partial charge in [0.1, 0.15) is 6.04 Å². The second-order valence-corrected chi connectivity index (χ2v) is 9.78. The third-order valence-corrected chi connectivity index (χ3v) is 7.00. The summed E-state index contributed by atoms with van der Waals surface area (Å²) in [6.07, 6.45) is 3.99. The van der Waals surface area contributed by atoms with E-state index in [0.29, 0.717) is 4.88 Å². The van der Waals surface area contributed by atoms with Crippen molar-refractivity contribution in [1.29, 1.82) is 0 Å². The highest BCUT2D eigenvalue weighted by Crippen LogP contribution is 2.50. The van der Waals surface area contributed by atoms with E-state index in [1.54, 1.807) is 6.07 Å². The van der Waals surface area contributed by atoms with Crippen LogP contribution in [0.15, 0.2) is 47.9 Å². The van der Waals surface area contributed by atoms with Crippen LogP contribution in [-0.2, 0) is 9.59 Å². The van der Waals surface area contributed by atoms with Crippen LogP contribution in [0.3, 0.4) is 0 Å². The van der Waals surface area contributed by atoms with Crippen molar-refractivity contribution in [2.75, 3.05) is 4.90 Å². The molecule has 1 aromatic heterocycles. The number of para-hydroxylation sites is 1. The molecule has 2 aromatic rings. The molecule has 2 fully saturated rings. The summed E-state index contributed by atoms with van der Waals surface area (Å²) in [5.74, 6) is -1.70. The van der Waals surface area contributed by atoms with Crippen LogP contribution >= 0.6 is 11.3 Å². The quantitative estimate of drug-likeness (QED) is 0.565. The van der Waals surface area contributed by atoms with E-state index in [2.05, 4.69) is 0 Å². The Labute approximate surface area is 173 Å². The largest absolute Gasteiger partial charge is 0.352 e. The molecule has 5 nitrogen and oxygen atoms in total. The Morgan fingerprint density at radius 2 is 1.72 bits per heavy atom. The van der Waals surface area contributed by atoms with E-state index in [1.807, 2.05) is 73.5 Å². The number of amides is 2. The van der Waals surface area contributed by atoms with E-state index >= 15 is 0 Å². The number of thiophene rings is 1. The summed E-state index contributed by atoms with van der Waals surface area (Å²) in [5.41, 5.74) is 1.29. The van der Waals surface area contributed by atoms with E-state index in [1.165, 1.54) is 16.2 Å². The predicted octanol–water partition coefficient (Wildman–Crippen LogP) is 3.61. The van der Waals surface area contributed by atoms with Gasteiger partial charge in [0.15, 0.2) is 5.78 Å². The summed E-state index contributed by atoms with van der Waals surface area (Å²) in [6, 6.07) is 10.5. The summed E-state index contributed by atoms with van der Waals surface area (Å²) in [7, 11) is 0. The molecule has 5 rings (SSSR count). The summed E-state index contributed by atoms with van der Waals surface area (Å²) in [6.45, 7) is 5.59. The molecular formula is C23H22N2O3S. The van der Waals surface area contributed by atoms with Crippen molar-refractivity contribution >= 4 is 40.7 Å². The fraction of sp³-hybridized carbons (Fsp3) is 0.348. The van der Waals surface area contributed by atoms with Gasteiger partial charge in [-0.15, -0.1) is 11.3 Å². The number of carbonyl (C=O) groups is 3. The first-order valence-corrected chi connectivity index (χ1v) is 10.7. The highest BCUT2D eigenvalue weighted by atomic mass is 32.1. The molecular weight excluding hydrogens is 384 g/mol. The van der Waals surface area contributed by atoms with Crippen LogP contribution in [0.1, 0.15) is 36.0 Å². The van der Waals surface area contributed by atoms with Gasteiger partial charge in [-0.05, 0) is 43.8 Å². The molecule has 0 aliphatic carbocycles. The number of rotatable bonds is 2. The maximum absolute atomic E-state index is 13.6. The van der Waals surface area contributed by atoms with Crippen LogP contribution in [0.4, 0.5) is 5.69 Å². The molecule has 3 aliphatic rings. The fourth-order valence-corrected chi connectivity index (χ4v) is 5.74. The van der Waals surface area contributed by atoms with Crippen LogP contribution in [0.2, 0.25) is 0 Å². The van der Waals surface area contributed by atoms with Gasteiger partial charge in [0.25, 0.3) is 0 Å². The molecule has 148 valence electrons. The average molecular weight is 407 g/mol. The number of carbonyl (C=O) groups excluding carboxylic acids is 3. The molecule has 0 radical (unpaired) electrons.